The minimum Gasteiger partial charge on any atom is -0.391 e. The zero-order chi connectivity index (χ0) is 17.1. The molecule has 1 saturated heterocycles. The van der Waals surface area contributed by atoms with Crippen LogP contribution in [-0.2, 0) is 0 Å². The number of anilines is 1. The van der Waals surface area contributed by atoms with E-state index in [1.807, 2.05) is 37.4 Å². The molecule has 0 bridgehead atoms. The van der Waals surface area contributed by atoms with E-state index in [1.54, 1.807) is 4.90 Å². The lowest BCUT2D eigenvalue weighted by molar-refractivity contribution is 0.0474. The van der Waals surface area contributed by atoms with Gasteiger partial charge >= 0.3 is 0 Å². The van der Waals surface area contributed by atoms with E-state index in [0.29, 0.717) is 18.7 Å². The van der Waals surface area contributed by atoms with Gasteiger partial charge in [0.1, 0.15) is 0 Å². The zero-order valence-electron chi connectivity index (χ0n) is 14.1. The number of H-pyrrole nitrogens is 1. The van der Waals surface area contributed by atoms with E-state index in [9.17, 15) is 9.90 Å². The quantitative estimate of drug-likeness (QED) is 0.805. The van der Waals surface area contributed by atoms with Gasteiger partial charge in [0.15, 0.2) is 0 Å². The molecule has 0 spiro atoms. The summed E-state index contributed by atoms with van der Waals surface area (Å²) in [6.07, 6.45) is 3.03. The second kappa shape index (κ2) is 7.05. The molecule has 1 aromatic heterocycles. The van der Waals surface area contributed by atoms with Gasteiger partial charge in [-0.15, -0.1) is 0 Å². The number of nitrogens with zero attached hydrogens (tertiary/aromatic N) is 2. The summed E-state index contributed by atoms with van der Waals surface area (Å²) < 4.78 is 0. The monoisotopic (exact) mass is 328 g/mol. The normalized spacial score (nSPS) is 19.1. The number of aryl methyl sites for hydroxylation is 1. The Morgan fingerprint density at radius 1 is 1.50 bits per heavy atom. The van der Waals surface area contributed by atoms with E-state index in [1.165, 1.54) is 0 Å². The Morgan fingerprint density at radius 3 is 3.04 bits per heavy atom. The number of piperidine rings is 1. The van der Waals surface area contributed by atoms with E-state index in [2.05, 4.69) is 22.4 Å². The van der Waals surface area contributed by atoms with E-state index in [-0.39, 0.29) is 11.9 Å². The van der Waals surface area contributed by atoms with Crippen LogP contribution < -0.4 is 5.32 Å². The molecule has 1 fully saturated rings. The smallest absolute Gasteiger partial charge is 0.254 e. The predicted molar refractivity (Wildman–Crippen MR) is 92.9 cm³/mol. The number of likely N-dealkylation sites (tertiary alicyclic amines) is 1. The Bertz CT molecular complexity index is 713. The van der Waals surface area contributed by atoms with Crippen LogP contribution in [0.15, 0.2) is 30.5 Å². The van der Waals surface area contributed by atoms with Crippen LogP contribution >= 0.6 is 0 Å². The van der Waals surface area contributed by atoms with Crippen LogP contribution in [0, 0.1) is 6.92 Å². The molecular formula is C18H24N4O2. The van der Waals surface area contributed by atoms with Crippen LogP contribution in [0.1, 0.15) is 47.4 Å². The summed E-state index contributed by atoms with van der Waals surface area (Å²) in [5, 5.41) is 20.2. The molecular weight excluding hydrogens is 304 g/mol. The first-order valence-electron chi connectivity index (χ1n) is 8.38. The molecule has 0 aliphatic carbocycles. The molecule has 2 aromatic rings. The van der Waals surface area contributed by atoms with Gasteiger partial charge in [-0.2, -0.15) is 5.10 Å². The van der Waals surface area contributed by atoms with Crippen LogP contribution in [0.4, 0.5) is 5.69 Å². The third-order valence-electron chi connectivity index (χ3n) is 4.51. The number of hydrogen-bond donors (Lipinski definition) is 3. The van der Waals surface area contributed by atoms with Gasteiger partial charge in [0, 0.05) is 35.6 Å². The number of nitrogens with one attached hydrogen (secondary N) is 2. The second-order valence-electron chi connectivity index (χ2n) is 6.44. The van der Waals surface area contributed by atoms with Gasteiger partial charge in [0.2, 0.25) is 0 Å². The number of aromatic amines is 1. The maximum atomic E-state index is 12.6. The lowest BCUT2D eigenvalue weighted by Gasteiger charge is -2.30. The number of carbonyl (C=O) groups is 1. The van der Waals surface area contributed by atoms with E-state index in [4.69, 9.17) is 0 Å². The van der Waals surface area contributed by atoms with Gasteiger partial charge in [0.25, 0.3) is 5.91 Å². The number of amides is 1. The molecule has 6 heteroatoms. The lowest BCUT2D eigenvalue weighted by atomic mass is 10.1. The van der Waals surface area contributed by atoms with Crippen LogP contribution in [0.2, 0.25) is 0 Å². The van der Waals surface area contributed by atoms with Gasteiger partial charge < -0.3 is 15.3 Å². The van der Waals surface area contributed by atoms with Crippen molar-refractivity contribution in [3.63, 3.8) is 0 Å². The molecule has 6 nitrogen and oxygen atoms in total. The van der Waals surface area contributed by atoms with Crippen LogP contribution in [0.5, 0.6) is 0 Å². The molecule has 3 rings (SSSR count). The SMILES string of the molecule is Cc1[nH]ncc1C(C)Nc1cccc(C(=O)N2CCCC(O)C2)c1. The molecule has 0 radical (unpaired) electrons. The van der Waals surface area contributed by atoms with Crippen LogP contribution in [0.25, 0.3) is 0 Å². The molecule has 2 heterocycles. The Hall–Kier alpha value is -2.34. The molecule has 1 aliphatic heterocycles. The fraction of sp³-hybridized carbons (Fsp3) is 0.444. The van der Waals surface area contributed by atoms with Crippen molar-refractivity contribution >= 4 is 11.6 Å². The zero-order valence-corrected chi connectivity index (χ0v) is 14.1. The Morgan fingerprint density at radius 2 is 2.33 bits per heavy atom. The fourth-order valence-electron chi connectivity index (χ4n) is 3.19. The number of aliphatic hydroxyl groups excluding tert-OH is 1. The van der Waals surface area contributed by atoms with E-state index < -0.39 is 6.10 Å². The number of hydrogen-bond acceptors (Lipinski definition) is 4. The predicted octanol–water partition coefficient (Wildman–Crippen LogP) is 2.49. The summed E-state index contributed by atoms with van der Waals surface area (Å²) in [6, 6.07) is 7.61. The first-order chi connectivity index (χ1) is 11.5. The Balaban J connectivity index is 1.72. The average molecular weight is 328 g/mol. The number of benzene rings is 1. The van der Waals surface area contributed by atoms with Crippen molar-refractivity contribution in [2.75, 3.05) is 18.4 Å². The van der Waals surface area contributed by atoms with Crippen molar-refractivity contribution in [1.82, 2.24) is 15.1 Å². The highest BCUT2D eigenvalue weighted by atomic mass is 16.3. The highest BCUT2D eigenvalue weighted by Crippen LogP contribution is 2.22. The number of rotatable bonds is 4. The number of carbonyl (C=O) groups excluding carboxylic acids is 1. The molecule has 1 amide bonds. The van der Waals surface area contributed by atoms with Crippen molar-refractivity contribution in [2.24, 2.45) is 0 Å². The molecule has 2 unspecified atom stereocenters. The van der Waals surface area contributed by atoms with Gasteiger partial charge in [-0.25, -0.2) is 0 Å². The summed E-state index contributed by atoms with van der Waals surface area (Å²) in [7, 11) is 0. The van der Waals surface area contributed by atoms with Gasteiger partial charge in [0.05, 0.1) is 18.3 Å². The second-order valence-corrected chi connectivity index (χ2v) is 6.44. The van der Waals surface area contributed by atoms with Gasteiger partial charge in [-0.3, -0.25) is 9.89 Å². The topological polar surface area (TPSA) is 81.2 Å². The number of β-amino-alcohol motifs (C(OH)–C–C–N with tert-alkyl or cyclic N) is 1. The largest absolute Gasteiger partial charge is 0.391 e. The summed E-state index contributed by atoms with van der Waals surface area (Å²) in [6.45, 7) is 5.18. The van der Waals surface area contributed by atoms with Crippen molar-refractivity contribution in [2.45, 2.75) is 38.8 Å². The average Bonchev–Trinajstić information content (AvgIpc) is 3.00. The number of aliphatic hydroxyl groups is 1. The molecule has 2 atom stereocenters. The van der Waals surface area contributed by atoms with Gasteiger partial charge in [-0.05, 0) is 44.9 Å². The maximum Gasteiger partial charge on any atom is 0.254 e. The third kappa shape index (κ3) is 3.59. The van der Waals surface area contributed by atoms with E-state index >= 15 is 0 Å². The number of aromatic nitrogens is 2. The molecule has 0 saturated carbocycles. The molecule has 3 N–H and O–H groups in total. The van der Waals surface area contributed by atoms with Crippen molar-refractivity contribution in [3.8, 4) is 0 Å². The first-order valence-corrected chi connectivity index (χ1v) is 8.38. The molecule has 24 heavy (non-hydrogen) atoms. The van der Waals surface area contributed by atoms with Gasteiger partial charge in [-0.1, -0.05) is 6.07 Å². The summed E-state index contributed by atoms with van der Waals surface area (Å²) in [5.74, 6) is -0.0236. The summed E-state index contributed by atoms with van der Waals surface area (Å²) >= 11 is 0. The third-order valence-corrected chi connectivity index (χ3v) is 4.51. The van der Waals surface area contributed by atoms with E-state index in [0.717, 1.165) is 29.8 Å². The molecule has 128 valence electrons. The van der Waals surface area contributed by atoms with Crippen molar-refractivity contribution in [3.05, 3.63) is 47.3 Å². The fourth-order valence-corrected chi connectivity index (χ4v) is 3.19. The summed E-state index contributed by atoms with van der Waals surface area (Å²) in [5.41, 5.74) is 3.67. The first kappa shape index (κ1) is 16.5. The summed E-state index contributed by atoms with van der Waals surface area (Å²) in [4.78, 5) is 14.4. The molecule has 1 aromatic carbocycles. The van der Waals surface area contributed by atoms with Crippen molar-refractivity contribution in [1.29, 1.82) is 0 Å². The minimum absolute atomic E-state index is 0.0236. The van der Waals surface area contributed by atoms with Crippen LogP contribution in [-0.4, -0.2) is 45.3 Å². The Labute approximate surface area is 141 Å². The molecule has 1 aliphatic rings. The standard InChI is InChI=1S/C18H24N4O2/c1-12(17-10-19-21-13(17)2)20-15-6-3-5-14(9-15)18(24)22-8-4-7-16(23)11-22/h3,5-6,9-10,12,16,20,23H,4,7-8,11H2,1-2H3,(H,19,21). The highest BCUT2D eigenvalue weighted by Gasteiger charge is 2.23. The highest BCUT2D eigenvalue weighted by molar-refractivity contribution is 5.95. The van der Waals surface area contributed by atoms with Crippen LogP contribution in [0.3, 0.4) is 0 Å². The maximum absolute atomic E-state index is 12.6. The lowest BCUT2D eigenvalue weighted by Crippen LogP contribution is -2.42. The minimum atomic E-state index is -0.409. The van der Waals surface area contributed by atoms with Crippen molar-refractivity contribution < 1.29 is 9.90 Å². The Kier molecular flexibility index (Phi) is 4.85.